The Labute approximate surface area is 126 Å². The number of hydrogen-bond donors (Lipinski definition) is 2. The van der Waals surface area contributed by atoms with Gasteiger partial charge in [0.25, 0.3) is 0 Å². The third-order valence-corrected chi connectivity index (χ3v) is 3.39. The first-order chi connectivity index (χ1) is 9.04. The highest BCUT2D eigenvalue weighted by molar-refractivity contribution is 5.85. The molecule has 0 heterocycles. The lowest BCUT2D eigenvalue weighted by atomic mass is 10.1. The topological polar surface area (TPSA) is 60.8 Å². The van der Waals surface area contributed by atoms with Crippen molar-refractivity contribution in [3.05, 3.63) is 29.8 Å². The summed E-state index contributed by atoms with van der Waals surface area (Å²) in [6, 6.07) is 7.52. The molecule has 1 aromatic carbocycles. The molecule has 0 fully saturated rings. The van der Waals surface area contributed by atoms with Crippen LogP contribution in [0.25, 0.3) is 0 Å². The van der Waals surface area contributed by atoms with Gasteiger partial charge in [-0.15, -0.1) is 12.4 Å². The molecule has 1 aromatic rings. The standard InChI is InChI=1S/C15H23NO3.ClH/c1-3-16(10-5-4-9-15(18)19)12(2)13-7-6-8-14(17)11-13;/h6-8,11-12,17H,3-5,9-10H2,1-2H3,(H,18,19);1H. The Morgan fingerprint density at radius 3 is 2.60 bits per heavy atom. The number of phenols is 1. The number of rotatable bonds is 8. The van der Waals surface area contributed by atoms with E-state index in [1.165, 1.54) is 0 Å². The van der Waals surface area contributed by atoms with Crippen LogP contribution in [0.3, 0.4) is 0 Å². The molecule has 2 N–H and O–H groups in total. The average Bonchev–Trinajstić information content (AvgIpc) is 2.38. The molecule has 0 saturated carbocycles. The molecule has 0 amide bonds. The molecule has 20 heavy (non-hydrogen) atoms. The largest absolute Gasteiger partial charge is 0.508 e. The maximum absolute atomic E-state index is 10.5. The van der Waals surface area contributed by atoms with Crippen LogP contribution in [-0.2, 0) is 4.79 Å². The van der Waals surface area contributed by atoms with Crippen LogP contribution in [0.15, 0.2) is 24.3 Å². The predicted molar refractivity (Wildman–Crippen MR) is 82.5 cm³/mol. The highest BCUT2D eigenvalue weighted by Crippen LogP contribution is 2.23. The van der Waals surface area contributed by atoms with Gasteiger partial charge in [0, 0.05) is 12.5 Å². The molecule has 1 rings (SSSR count). The third kappa shape index (κ3) is 6.26. The summed E-state index contributed by atoms with van der Waals surface area (Å²) in [5.74, 6) is -0.449. The number of carboxylic acids is 1. The van der Waals surface area contributed by atoms with Crippen LogP contribution in [0.5, 0.6) is 5.75 Å². The van der Waals surface area contributed by atoms with Crippen molar-refractivity contribution in [2.24, 2.45) is 0 Å². The van der Waals surface area contributed by atoms with Crippen molar-refractivity contribution in [1.29, 1.82) is 0 Å². The second-order valence-electron chi connectivity index (χ2n) is 4.75. The second kappa shape index (κ2) is 9.61. The van der Waals surface area contributed by atoms with Crippen molar-refractivity contribution in [3.63, 3.8) is 0 Å². The minimum Gasteiger partial charge on any atom is -0.508 e. The molecule has 1 atom stereocenters. The fourth-order valence-corrected chi connectivity index (χ4v) is 2.21. The van der Waals surface area contributed by atoms with Crippen LogP contribution in [0.4, 0.5) is 0 Å². The number of carbonyl (C=O) groups is 1. The summed E-state index contributed by atoms with van der Waals surface area (Å²) in [4.78, 5) is 12.8. The number of halogens is 1. The summed E-state index contributed by atoms with van der Waals surface area (Å²) in [5, 5.41) is 18.1. The Morgan fingerprint density at radius 1 is 1.35 bits per heavy atom. The van der Waals surface area contributed by atoms with Gasteiger partial charge in [0.2, 0.25) is 0 Å². The Morgan fingerprint density at radius 2 is 2.05 bits per heavy atom. The molecular weight excluding hydrogens is 278 g/mol. The van der Waals surface area contributed by atoms with E-state index < -0.39 is 5.97 Å². The zero-order chi connectivity index (χ0) is 14.3. The van der Waals surface area contributed by atoms with Crippen molar-refractivity contribution in [3.8, 4) is 5.75 Å². The number of unbranched alkanes of at least 4 members (excludes halogenated alkanes) is 1. The Kier molecular flexibility index (Phi) is 9.01. The van der Waals surface area contributed by atoms with Crippen molar-refractivity contribution >= 4 is 18.4 Å². The van der Waals surface area contributed by atoms with Gasteiger partial charge < -0.3 is 10.2 Å². The normalized spacial score (nSPS) is 11.9. The minimum absolute atomic E-state index is 0. The molecule has 0 bridgehead atoms. The Balaban J connectivity index is 0.00000361. The van der Waals surface area contributed by atoms with Crippen LogP contribution in [0, 0.1) is 0 Å². The molecule has 0 aromatic heterocycles. The molecule has 0 radical (unpaired) electrons. The maximum atomic E-state index is 10.5. The minimum atomic E-state index is -0.732. The fraction of sp³-hybridized carbons (Fsp3) is 0.533. The summed E-state index contributed by atoms with van der Waals surface area (Å²) in [6.45, 7) is 5.98. The summed E-state index contributed by atoms with van der Waals surface area (Å²) in [6.07, 6.45) is 1.82. The monoisotopic (exact) mass is 301 g/mol. The number of nitrogens with zero attached hydrogens (tertiary/aromatic N) is 1. The number of benzene rings is 1. The first-order valence-electron chi connectivity index (χ1n) is 6.79. The quantitative estimate of drug-likeness (QED) is 0.722. The first kappa shape index (κ1) is 18.7. The highest BCUT2D eigenvalue weighted by Gasteiger charge is 2.14. The van der Waals surface area contributed by atoms with Crippen molar-refractivity contribution in [1.82, 2.24) is 4.90 Å². The number of aliphatic carboxylic acids is 1. The third-order valence-electron chi connectivity index (χ3n) is 3.39. The summed E-state index contributed by atoms with van der Waals surface area (Å²) >= 11 is 0. The van der Waals surface area contributed by atoms with E-state index in [2.05, 4.69) is 18.7 Å². The van der Waals surface area contributed by atoms with Crippen LogP contribution < -0.4 is 0 Å². The van der Waals surface area contributed by atoms with Gasteiger partial charge >= 0.3 is 5.97 Å². The molecule has 0 spiro atoms. The smallest absolute Gasteiger partial charge is 0.303 e. The van der Waals surface area contributed by atoms with E-state index in [1.807, 2.05) is 12.1 Å². The van der Waals surface area contributed by atoms with Crippen LogP contribution in [-0.4, -0.2) is 34.2 Å². The van der Waals surface area contributed by atoms with Gasteiger partial charge in [-0.2, -0.15) is 0 Å². The first-order valence-corrected chi connectivity index (χ1v) is 6.79. The zero-order valence-corrected chi connectivity index (χ0v) is 12.9. The second-order valence-corrected chi connectivity index (χ2v) is 4.75. The molecular formula is C15H24ClNO3. The zero-order valence-electron chi connectivity index (χ0n) is 12.1. The van der Waals surface area contributed by atoms with E-state index in [0.717, 1.165) is 25.1 Å². The number of hydrogen-bond acceptors (Lipinski definition) is 3. The molecule has 0 aliphatic heterocycles. The molecule has 0 aliphatic rings. The molecule has 0 saturated heterocycles. The molecule has 4 nitrogen and oxygen atoms in total. The predicted octanol–water partition coefficient (Wildman–Crippen LogP) is 3.45. The van der Waals surface area contributed by atoms with Gasteiger partial charge in [0.1, 0.15) is 5.75 Å². The Bertz CT molecular complexity index is 412. The summed E-state index contributed by atoms with van der Waals surface area (Å²) < 4.78 is 0. The van der Waals surface area contributed by atoms with E-state index in [1.54, 1.807) is 12.1 Å². The number of carboxylic acid groups (broad SMARTS) is 1. The number of phenolic OH excluding ortho intramolecular Hbond substituents is 1. The van der Waals surface area contributed by atoms with E-state index in [0.29, 0.717) is 6.42 Å². The van der Waals surface area contributed by atoms with Crippen LogP contribution in [0.2, 0.25) is 0 Å². The van der Waals surface area contributed by atoms with Gasteiger partial charge in [-0.05, 0) is 50.6 Å². The molecule has 5 heteroatoms. The molecule has 114 valence electrons. The van der Waals surface area contributed by atoms with Crippen molar-refractivity contribution in [2.75, 3.05) is 13.1 Å². The average molecular weight is 302 g/mol. The fourth-order valence-electron chi connectivity index (χ4n) is 2.21. The Hall–Kier alpha value is -1.26. The van der Waals surface area contributed by atoms with Gasteiger partial charge in [-0.1, -0.05) is 19.1 Å². The van der Waals surface area contributed by atoms with E-state index in [-0.39, 0.29) is 30.6 Å². The maximum Gasteiger partial charge on any atom is 0.303 e. The van der Waals surface area contributed by atoms with Crippen molar-refractivity contribution < 1.29 is 15.0 Å². The van der Waals surface area contributed by atoms with Gasteiger partial charge in [0.05, 0.1) is 0 Å². The van der Waals surface area contributed by atoms with E-state index in [9.17, 15) is 9.90 Å². The SMILES string of the molecule is CCN(CCCCC(=O)O)C(C)c1cccc(O)c1.Cl. The van der Waals surface area contributed by atoms with E-state index in [4.69, 9.17) is 5.11 Å². The summed E-state index contributed by atoms with van der Waals surface area (Å²) in [7, 11) is 0. The lowest BCUT2D eigenvalue weighted by molar-refractivity contribution is -0.137. The highest BCUT2D eigenvalue weighted by atomic mass is 35.5. The van der Waals surface area contributed by atoms with Crippen molar-refractivity contribution in [2.45, 2.75) is 39.2 Å². The van der Waals surface area contributed by atoms with Crippen LogP contribution >= 0.6 is 12.4 Å². The van der Waals surface area contributed by atoms with Gasteiger partial charge in [0.15, 0.2) is 0 Å². The van der Waals surface area contributed by atoms with Gasteiger partial charge in [-0.25, -0.2) is 0 Å². The molecule has 1 unspecified atom stereocenters. The van der Waals surface area contributed by atoms with Crippen LogP contribution in [0.1, 0.15) is 44.7 Å². The lowest BCUT2D eigenvalue weighted by Gasteiger charge is -2.28. The van der Waals surface area contributed by atoms with Gasteiger partial charge in [-0.3, -0.25) is 9.69 Å². The lowest BCUT2D eigenvalue weighted by Crippen LogP contribution is -2.28. The number of aromatic hydroxyl groups is 1. The van der Waals surface area contributed by atoms with E-state index >= 15 is 0 Å². The molecule has 0 aliphatic carbocycles. The summed E-state index contributed by atoms with van der Waals surface area (Å²) in [5.41, 5.74) is 1.08.